The van der Waals surface area contributed by atoms with E-state index in [0.29, 0.717) is 24.3 Å². The highest BCUT2D eigenvalue weighted by atomic mass is 35.5. The third kappa shape index (κ3) is 14.8. The van der Waals surface area contributed by atoms with E-state index in [0.717, 1.165) is 30.3 Å². The van der Waals surface area contributed by atoms with Crippen LogP contribution in [0, 0.1) is 46.5 Å². The molecule has 0 aliphatic rings. The van der Waals surface area contributed by atoms with Gasteiger partial charge in [-0.2, -0.15) is 26.3 Å². The number of ketones is 4. The Bertz CT molecular complexity index is 3130. The number of amides is 1. The first-order chi connectivity index (χ1) is 33.7. The van der Waals surface area contributed by atoms with E-state index in [9.17, 15) is 90.2 Å². The molecule has 73 heavy (non-hydrogen) atoms. The predicted molar refractivity (Wildman–Crippen MR) is 238 cm³/mol. The van der Waals surface area contributed by atoms with Crippen LogP contribution in [0.25, 0.3) is 0 Å². The Morgan fingerprint density at radius 2 is 0.836 bits per heavy atom. The van der Waals surface area contributed by atoms with Crippen molar-refractivity contribution in [1.82, 2.24) is 0 Å². The van der Waals surface area contributed by atoms with E-state index >= 15 is 0 Å². The highest BCUT2D eigenvalue weighted by Gasteiger charge is 2.41. The van der Waals surface area contributed by atoms with Gasteiger partial charge in [0, 0.05) is 68.3 Å². The standard InChI is InChI=1S/C23H10Cl2F7NO3.C16H9Cl2F4NO2.C7H2ClF3O/c24-13-4-9(21(35)23(30,31)32)5-14(25)12(13)8-18(34)11-2-1-3-17(20(11)29)33-22(36)19-15(27)6-10(26)7-16(19)28;17-10-4-7(15(25)16(20,21)22)5-11(18)9(10)6-13(24)8-2-1-3-12(23)14(8)19;8-7(12)6-4(10)1-3(9)2-5(6)11/h1-7H,8H2,(H,33,36);1-5H,6,23H2;1-2H. The van der Waals surface area contributed by atoms with Crippen molar-refractivity contribution in [2.75, 3.05) is 11.1 Å². The molecule has 0 aromatic heterocycles. The number of rotatable bonds is 11. The summed E-state index contributed by atoms with van der Waals surface area (Å²) in [5, 5.41) is -0.948. The second kappa shape index (κ2) is 24.0. The van der Waals surface area contributed by atoms with Crippen molar-refractivity contribution < 1.29 is 90.2 Å². The molecule has 0 radical (unpaired) electrons. The molecule has 0 atom stereocenters. The van der Waals surface area contributed by atoms with Gasteiger partial charge in [-0.3, -0.25) is 28.8 Å². The number of hydrogen-bond acceptors (Lipinski definition) is 7. The van der Waals surface area contributed by atoms with Gasteiger partial charge in [0.2, 0.25) is 0 Å². The molecule has 0 fully saturated rings. The molecule has 0 spiro atoms. The Kier molecular flexibility index (Phi) is 19.4. The van der Waals surface area contributed by atoms with Gasteiger partial charge in [0.05, 0.1) is 22.5 Å². The molecule has 0 heterocycles. The lowest BCUT2D eigenvalue weighted by Gasteiger charge is -2.12. The molecule has 6 aromatic rings. The molecular weight excluding hydrogens is 1120 g/mol. The maximum atomic E-state index is 15.0. The van der Waals surface area contributed by atoms with E-state index in [4.69, 9.17) is 63.7 Å². The molecule has 0 bridgehead atoms. The number of carbonyl (C=O) groups is 6. The zero-order chi connectivity index (χ0) is 55.2. The second-order valence-electron chi connectivity index (χ2n) is 14.3. The number of nitrogens with two attached hydrogens (primary N) is 1. The molecule has 0 saturated heterocycles. The quantitative estimate of drug-likeness (QED) is 0.0570. The molecule has 384 valence electrons. The van der Waals surface area contributed by atoms with Crippen molar-refractivity contribution in [1.29, 1.82) is 0 Å². The molecule has 3 N–H and O–H groups in total. The number of halogens is 19. The number of alkyl halides is 6. The fraction of sp³-hybridized carbons (Fsp3) is 0.0870. The maximum absolute atomic E-state index is 15.0. The van der Waals surface area contributed by atoms with Gasteiger partial charge >= 0.3 is 12.4 Å². The summed E-state index contributed by atoms with van der Waals surface area (Å²) < 4.78 is 182. The third-order valence-corrected chi connectivity index (χ3v) is 10.8. The van der Waals surface area contributed by atoms with Gasteiger partial charge in [0.25, 0.3) is 22.7 Å². The fourth-order valence-corrected chi connectivity index (χ4v) is 7.35. The average molecular weight is 1140 g/mol. The smallest absolute Gasteiger partial charge is 0.396 e. The molecule has 6 rings (SSSR count). The van der Waals surface area contributed by atoms with Crippen LogP contribution in [0.5, 0.6) is 0 Å². The van der Waals surface area contributed by atoms with Crippen LogP contribution in [0.2, 0.25) is 20.1 Å². The summed E-state index contributed by atoms with van der Waals surface area (Å²) in [5.41, 5.74) is -0.409. The topological polar surface area (TPSA) is 140 Å². The zero-order valence-electron chi connectivity index (χ0n) is 35.2. The SMILES string of the molecule is Nc1cccc(C(=O)Cc2c(Cl)cc(C(=O)C(F)(F)F)cc2Cl)c1F.O=C(Cc1c(Cl)cc(C(=O)C(F)(F)F)cc1Cl)c1cccc(NC(=O)c2c(F)cc(F)cc2F)c1F.O=C(Cl)c1c(F)cc(F)cc1F. The van der Waals surface area contributed by atoms with Crippen LogP contribution in [0.3, 0.4) is 0 Å². The number of hydrogen-bond donors (Lipinski definition) is 2. The van der Waals surface area contributed by atoms with Crippen molar-refractivity contribution >= 4 is 104 Å². The largest absolute Gasteiger partial charge is 0.454 e. The first-order valence-corrected chi connectivity index (χ1v) is 21.0. The van der Waals surface area contributed by atoms with Gasteiger partial charge in [-0.05, 0) is 71.3 Å². The lowest BCUT2D eigenvalue weighted by molar-refractivity contribution is -0.0888. The van der Waals surface area contributed by atoms with E-state index in [-0.39, 0.29) is 44.6 Å². The number of carbonyl (C=O) groups excluding carboxylic acids is 6. The second-order valence-corrected chi connectivity index (χ2v) is 16.3. The molecule has 6 aromatic carbocycles. The number of nitrogens with one attached hydrogen (secondary N) is 1. The minimum atomic E-state index is -5.20. The lowest BCUT2D eigenvalue weighted by atomic mass is 9.99. The summed E-state index contributed by atoms with van der Waals surface area (Å²) in [6, 6.07) is 11.1. The Morgan fingerprint density at radius 1 is 0.493 bits per heavy atom. The summed E-state index contributed by atoms with van der Waals surface area (Å²) in [6.07, 6.45) is -11.5. The van der Waals surface area contributed by atoms with Crippen molar-refractivity contribution in [3.63, 3.8) is 0 Å². The number of nitrogen functional groups attached to an aromatic ring is 1. The summed E-state index contributed by atoms with van der Waals surface area (Å²) in [7, 11) is 0. The molecule has 0 saturated carbocycles. The van der Waals surface area contributed by atoms with Gasteiger partial charge in [-0.1, -0.05) is 58.5 Å². The molecule has 8 nitrogen and oxygen atoms in total. The van der Waals surface area contributed by atoms with E-state index in [1.807, 2.05) is 5.32 Å². The van der Waals surface area contributed by atoms with E-state index in [2.05, 4.69) is 0 Å². The van der Waals surface area contributed by atoms with Gasteiger partial charge in [0.1, 0.15) is 46.0 Å². The van der Waals surface area contributed by atoms with Crippen LogP contribution in [0.4, 0.5) is 72.8 Å². The molecule has 1 amide bonds. The average Bonchev–Trinajstić information content (AvgIpc) is 3.26. The monoisotopic (exact) mass is 1140 g/mol. The fourth-order valence-electron chi connectivity index (χ4n) is 5.93. The minimum Gasteiger partial charge on any atom is -0.396 e. The predicted octanol–water partition coefficient (Wildman–Crippen LogP) is 14.3. The zero-order valence-corrected chi connectivity index (χ0v) is 39.0. The Morgan fingerprint density at radius 3 is 1.19 bits per heavy atom. The Balaban J connectivity index is 0.000000268. The van der Waals surface area contributed by atoms with Crippen molar-refractivity contribution in [2.24, 2.45) is 0 Å². The normalized spacial score (nSPS) is 11.2. The van der Waals surface area contributed by atoms with E-state index in [1.54, 1.807) is 0 Å². The molecule has 0 aliphatic heterocycles. The summed E-state index contributed by atoms with van der Waals surface area (Å²) in [5.74, 6) is -17.8. The van der Waals surface area contributed by atoms with Gasteiger partial charge in [-0.25, -0.2) is 35.1 Å². The third-order valence-electron chi connectivity index (χ3n) is 9.31. The van der Waals surface area contributed by atoms with Crippen LogP contribution in [-0.4, -0.2) is 46.6 Å². The van der Waals surface area contributed by atoms with Crippen molar-refractivity contribution in [3.05, 3.63) is 196 Å². The summed E-state index contributed by atoms with van der Waals surface area (Å²) in [6.45, 7) is 0. The van der Waals surface area contributed by atoms with Gasteiger partial charge < -0.3 is 11.1 Å². The van der Waals surface area contributed by atoms with Crippen molar-refractivity contribution in [3.8, 4) is 0 Å². The highest BCUT2D eigenvalue weighted by molar-refractivity contribution is 6.67. The van der Waals surface area contributed by atoms with Gasteiger partial charge in [0.15, 0.2) is 23.2 Å². The summed E-state index contributed by atoms with van der Waals surface area (Å²) in [4.78, 5) is 70.1. The highest BCUT2D eigenvalue weighted by Crippen LogP contribution is 2.34. The van der Waals surface area contributed by atoms with Crippen LogP contribution in [-0.2, 0) is 12.8 Å². The number of Topliss-reactive ketones (excluding diaryl/α,β-unsaturated/α-hetero) is 4. The van der Waals surface area contributed by atoms with Crippen LogP contribution in [0.1, 0.15) is 73.3 Å². The van der Waals surface area contributed by atoms with Crippen LogP contribution < -0.4 is 11.1 Å². The first-order valence-electron chi connectivity index (χ1n) is 19.1. The summed E-state index contributed by atoms with van der Waals surface area (Å²) >= 11 is 28.3. The van der Waals surface area contributed by atoms with Crippen LogP contribution >= 0.6 is 58.0 Å². The Hall–Kier alpha value is -6.59. The lowest BCUT2D eigenvalue weighted by Crippen LogP contribution is -2.23. The Labute approximate surface area is 424 Å². The van der Waals surface area contributed by atoms with Crippen molar-refractivity contribution in [2.45, 2.75) is 25.2 Å². The molecule has 0 unspecified atom stereocenters. The number of anilines is 2. The number of benzene rings is 6. The van der Waals surface area contributed by atoms with Crippen LogP contribution in [0.15, 0.2) is 84.9 Å². The van der Waals surface area contributed by atoms with Gasteiger partial charge in [-0.15, -0.1) is 0 Å². The minimum absolute atomic E-state index is 0.0196. The first kappa shape index (κ1) is 59.0. The molecule has 27 heteroatoms. The molecular formula is C46H21Cl5F14N2O6. The van der Waals surface area contributed by atoms with E-state index in [1.165, 1.54) is 18.2 Å². The molecule has 0 aliphatic carbocycles. The maximum Gasteiger partial charge on any atom is 0.454 e. The van der Waals surface area contributed by atoms with E-state index < -0.39 is 150 Å².